The van der Waals surface area contributed by atoms with Crippen LogP contribution in [0.5, 0.6) is 0 Å². The van der Waals surface area contributed by atoms with Gasteiger partial charge < -0.3 is 9.80 Å². The summed E-state index contributed by atoms with van der Waals surface area (Å²) in [6, 6.07) is 0. The number of nitrogens with zero attached hydrogens (tertiary/aromatic N) is 2. The van der Waals surface area contributed by atoms with Crippen LogP contribution >= 0.6 is 0 Å². The average molecular weight is 256 g/mol. The van der Waals surface area contributed by atoms with Gasteiger partial charge in [0, 0.05) is 6.54 Å². The molecule has 0 saturated carbocycles. The third-order valence-electron chi connectivity index (χ3n) is 3.72. The Labute approximate surface area is 116 Å². The Morgan fingerprint density at radius 2 is 1.50 bits per heavy atom. The minimum atomic E-state index is 0.912. The van der Waals surface area contributed by atoms with Crippen LogP contribution in [0.4, 0.5) is 0 Å². The zero-order valence-electron chi connectivity index (χ0n) is 13.5. The van der Waals surface area contributed by atoms with Crippen molar-refractivity contribution in [1.82, 2.24) is 9.80 Å². The highest BCUT2D eigenvalue weighted by Crippen LogP contribution is 2.15. The molecule has 0 saturated heterocycles. The van der Waals surface area contributed by atoms with E-state index < -0.39 is 0 Å². The van der Waals surface area contributed by atoms with Gasteiger partial charge in [-0.2, -0.15) is 0 Å². The SMILES string of the molecule is CCCN(C)CC(CC)CCCCCCN(C)C. The van der Waals surface area contributed by atoms with Crippen molar-refractivity contribution in [2.75, 3.05) is 40.8 Å². The van der Waals surface area contributed by atoms with Crippen LogP contribution in [0.15, 0.2) is 0 Å². The van der Waals surface area contributed by atoms with Gasteiger partial charge in [-0.25, -0.2) is 0 Å². The fourth-order valence-electron chi connectivity index (χ4n) is 2.55. The maximum Gasteiger partial charge on any atom is 0.000650 e. The third kappa shape index (κ3) is 11.0. The van der Waals surface area contributed by atoms with Crippen LogP contribution in [0, 0.1) is 5.92 Å². The van der Waals surface area contributed by atoms with Crippen LogP contribution in [0.1, 0.15) is 58.8 Å². The number of unbranched alkanes of at least 4 members (excludes halogenated alkanes) is 3. The van der Waals surface area contributed by atoms with Crippen molar-refractivity contribution >= 4 is 0 Å². The molecule has 0 aliphatic rings. The highest BCUT2D eigenvalue weighted by atomic mass is 15.1. The minimum Gasteiger partial charge on any atom is -0.309 e. The zero-order chi connectivity index (χ0) is 13.8. The molecule has 2 heteroatoms. The summed E-state index contributed by atoms with van der Waals surface area (Å²) in [4.78, 5) is 4.79. The smallest absolute Gasteiger partial charge is 0.000650 e. The monoisotopic (exact) mass is 256 g/mol. The van der Waals surface area contributed by atoms with Crippen molar-refractivity contribution in [3.63, 3.8) is 0 Å². The lowest BCUT2D eigenvalue weighted by atomic mass is 9.97. The Balaban J connectivity index is 3.49. The molecule has 1 atom stereocenters. The van der Waals surface area contributed by atoms with E-state index in [0.29, 0.717) is 0 Å². The molecule has 0 amide bonds. The Morgan fingerprint density at radius 3 is 2.06 bits per heavy atom. The van der Waals surface area contributed by atoms with Crippen LogP contribution in [0.2, 0.25) is 0 Å². The first-order valence-corrected chi connectivity index (χ1v) is 7.93. The van der Waals surface area contributed by atoms with E-state index in [0.717, 1.165) is 5.92 Å². The summed E-state index contributed by atoms with van der Waals surface area (Å²) in [5, 5.41) is 0. The van der Waals surface area contributed by atoms with E-state index in [-0.39, 0.29) is 0 Å². The molecule has 18 heavy (non-hydrogen) atoms. The summed E-state index contributed by atoms with van der Waals surface area (Å²) >= 11 is 0. The minimum absolute atomic E-state index is 0.912. The predicted molar refractivity (Wildman–Crippen MR) is 83.2 cm³/mol. The molecule has 0 bridgehead atoms. The molecule has 0 aromatic rings. The average Bonchev–Trinajstić information content (AvgIpc) is 2.31. The van der Waals surface area contributed by atoms with Gasteiger partial charge in [0.2, 0.25) is 0 Å². The highest BCUT2D eigenvalue weighted by molar-refractivity contribution is 4.63. The lowest BCUT2D eigenvalue weighted by Gasteiger charge is -2.22. The molecule has 0 aromatic carbocycles. The fourth-order valence-corrected chi connectivity index (χ4v) is 2.55. The standard InChI is InChI=1S/C16H36N2/c1-6-13-18(5)15-16(7-2)12-10-8-9-11-14-17(3)4/h16H,6-15H2,1-5H3. The Bertz CT molecular complexity index is 168. The summed E-state index contributed by atoms with van der Waals surface area (Å²) in [6.45, 7) is 8.40. The first-order valence-electron chi connectivity index (χ1n) is 7.93. The first-order chi connectivity index (χ1) is 8.60. The van der Waals surface area contributed by atoms with Crippen LogP contribution in [-0.4, -0.2) is 50.6 Å². The highest BCUT2D eigenvalue weighted by Gasteiger charge is 2.08. The maximum atomic E-state index is 2.50. The second kappa shape index (κ2) is 12.0. The van der Waals surface area contributed by atoms with Crippen LogP contribution in [-0.2, 0) is 0 Å². The topological polar surface area (TPSA) is 6.48 Å². The molecular formula is C16H36N2. The molecule has 0 aliphatic heterocycles. The third-order valence-corrected chi connectivity index (χ3v) is 3.72. The molecule has 0 rings (SSSR count). The van der Waals surface area contributed by atoms with Gasteiger partial charge in [-0.1, -0.05) is 39.5 Å². The molecule has 2 nitrogen and oxygen atoms in total. The van der Waals surface area contributed by atoms with E-state index in [9.17, 15) is 0 Å². The van der Waals surface area contributed by atoms with E-state index in [1.54, 1.807) is 0 Å². The first kappa shape index (κ1) is 17.9. The maximum absolute atomic E-state index is 2.50. The molecule has 0 radical (unpaired) electrons. The second-order valence-electron chi connectivity index (χ2n) is 6.04. The predicted octanol–water partition coefficient (Wildman–Crippen LogP) is 3.87. The van der Waals surface area contributed by atoms with Gasteiger partial charge in [0.25, 0.3) is 0 Å². The van der Waals surface area contributed by atoms with E-state index >= 15 is 0 Å². The number of hydrogen-bond donors (Lipinski definition) is 0. The van der Waals surface area contributed by atoms with Gasteiger partial charge in [-0.05, 0) is 59.4 Å². The quantitative estimate of drug-likeness (QED) is 0.489. The second-order valence-corrected chi connectivity index (χ2v) is 6.04. The molecule has 0 aliphatic carbocycles. The van der Waals surface area contributed by atoms with E-state index in [4.69, 9.17) is 0 Å². The largest absolute Gasteiger partial charge is 0.309 e. The molecule has 0 fully saturated rings. The zero-order valence-corrected chi connectivity index (χ0v) is 13.5. The van der Waals surface area contributed by atoms with Crippen molar-refractivity contribution in [3.05, 3.63) is 0 Å². The fraction of sp³-hybridized carbons (Fsp3) is 1.00. The van der Waals surface area contributed by atoms with Crippen LogP contribution in [0.25, 0.3) is 0 Å². The van der Waals surface area contributed by atoms with Gasteiger partial charge in [0.1, 0.15) is 0 Å². The van der Waals surface area contributed by atoms with E-state index in [2.05, 4.69) is 44.8 Å². The number of rotatable bonds is 12. The summed E-state index contributed by atoms with van der Waals surface area (Å²) < 4.78 is 0. The molecule has 0 aromatic heterocycles. The normalized spacial score (nSPS) is 13.5. The molecule has 110 valence electrons. The summed E-state index contributed by atoms with van der Waals surface area (Å²) in [7, 11) is 6.59. The molecular weight excluding hydrogens is 220 g/mol. The van der Waals surface area contributed by atoms with E-state index in [1.807, 2.05) is 0 Å². The van der Waals surface area contributed by atoms with Crippen molar-refractivity contribution < 1.29 is 0 Å². The molecule has 0 spiro atoms. The van der Waals surface area contributed by atoms with Crippen molar-refractivity contribution in [3.8, 4) is 0 Å². The lowest BCUT2D eigenvalue weighted by molar-refractivity contribution is 0.258. The van der Waals surface area contributed by atoms with Gasteiger partial charge >= 0.3 is 0 Å². The van der Waals surface area contributed by atoms with Gasteiger partial charge in [-0.3, -0.25) is 0 Å². The molecule has 1 unspecified atom stereocenters. The number of hydrogen-bond acceptors (Lipinski definition) is 2. The van der Waals surface area contributed by atoms with Crippen molar-refractivity contribution in [2.45, 2.75) is 58.8 Å². The van der Waals surface area contributed by atoms with Crippen LogP contribution < -0.4 is 0 Å². The lowest BCUT2D eigenvalue weighted by Crippen LogP contribution is -2.26. The molecule has 0 heterocycles. The van der Waals surface area contributed by atoms with Gasteiger partial charge in [0.15, 0.2) is 0 Å². The summed E-state index contributed by atoms with van der Waals surface area (Å²) in [5.74, 6) is 0.912. The Kier molecular flexibility index (Phi) is 11.9. The Morgan fingerprint density at radius 1 is 0.833 bits per heavy atom. The summed E-state index contributed by atoms with van der Waals surface area (Å²) in [5.41, 5.74) is 0. The van der Waals surface area contributed by atoms with Gasteiger partial charge in [-0.15, -0.1) is 0 Å². The van der Waals surface area contributed by atoms with E-state index in [1.165, 1.54) is 64.6 Å². The Hall–Kier alpha value is -0.0800. The van der Waals surface area contributed by atoms with Crippen molar-refractivity contribution in [1.29, 1.82) is 0 Å². The van der Waals surface area contributed by atoms with Gasteiger partial charge in [0.05, 0.1) is 0 Å². The van der Waals surface area contributed by atoms with Crippen molar-refractivity contribution in [2.24, 2.45) is 5.92 Å². The van der Waals surface area contributed by atoms with Crippen LogP contribution in [0.3, 0.4) is 0 Å². The molecule has 0 N–H and O–H groups in total. The summed E-state index contributed by atoms with van der Waals surface area (Å²) in [6.07, 6.45) is 9.64.